The van der Waals surface area contributed by atoms with E-state index in [9.17, 15) is 9.59 Å². The molecule has 29 heavy (non-hydrogen) atoms. The Kier molecular flexibility index (Phi) is 16.2. The number of halogens is 2. The van der Waals surface area contributed by atoms with Crippen molar-refractivity contribution in [2.24, 2.45) is 0 Å². The van der Waals surface area contributed by atoms with E-state index >= 15 is 0 Å². The highest BCUT2D eigenvalue weighted by molar-refractivity contribution is 8.93. The van der Waals surface area contributed by atoms with Crippen molar-refractivity contribution in [3.8, 4) is 0 Å². The fourth-order valence-corrected chi connectivity index (χ4v) is 2.31. The van der Waals surface area contributed by atoms with Gasteiger partial charge in [-0.2, -0.15) is 0 Å². The number of nitrogens with one attached hydrogen (secondary N) is 3. The molecule has 0 bridgehead atoms. The second-order valence-electron chi connectivity index (χ2n) is 5.72. The van der Waals surface area contributed by atoms with E-state index in [1.807, 2.05) is 14.0 Å². The predicted molar refractivity (Wildman–Crippen MR) is 119 cm³/mol. The molecule has 1 fully saturated rings. The van der Waals surface area contributed by atoms with Crippen LogP contribution in [0.15, 0.2) is 45.6 Å². The summed E-state index contributed by atoms with van der Waals surface area (Å²) in [6, 6.07) is 6.52. The highest BCUT2D eigenvalue weighted by Crippen LogP contribution is 2.05. The lowest BCUT2D eigenvalue weighted by molar-refractivity contribution is 0.0734. The maximum Gasteiger partial charge on any atom is 0.289 e. The lowest BCUT2D eigenvalue weighted by Crippen LogP contribution is -2.39. The van der Waals surface area contributed by atoms with E-state index in [0.717, 1.165) is 32.7 Å². The first kappa shape index (κ1) is 27.4. The molecule has 3 N–H and O–H groups in total. The normalized spacial score (nSPS) is 12.4. The molecule has 0 aliphatic carbocycles. The molecule has 164 valence electrons. The average Bonchev–Trinajstić information content (AvgIpc) is 3.45. The summed E-state index contributed by atoms with van der Waals surface area (Å²) >= 11 is 5.01. The zero-order valence-corrected chi connectivity index (χ0v) is 19.2. The van der Waals surface area contributed by atoms with Crippen LogP contribution in [0.2, 0.25) is 0 Å². The van der Waals surface area contributed by atoms with E-state index < -0.39 is 5.24 Å². The summed E-state index contributed by atoms with van der Waals surface area (Å²) < 4.78 is 9.66. The van der Waals surface area contributed by atoms with Crippen LogP contribution < -0.4 is 16.0 Å². The summed E-state index contributed by atoms with van der Waals surface area (Å²) in [5.74, 6) is 0.544. The van der Waals surface area contributed by atoms with Gasteiger partial charge in [0.1, 0.15) is 0 Å². The molecule has 0 radical (unpaired) electrons. The Morgan fingerprint density at radius 1 is 1.07 bits per heavy atom. The van der Waals surface area contributed by atoms with Crippen molar-refractivity contribution in [2.45, 2.75) is 6.92 Å². The van der Waals surface area contributed by atoms with Gasteiger partial charge in [-0.25, -0.2) is 0 Å². The Morgan fingerprint density at radius 3 is 1.90 bits per heavy atom. The van der Waals surface area contributed by atoms with Crippen LogP contribution in [0.3, 0.4) is 0 Å². The van der Waals surface area contributed by atoms with Gasteiger partial charge in [0.2, 0.25) is 0 Å². The largest absolute Gasteiger partial charge is 0.460 e. The molecule has 8 nitrogen and oxygen atoms in total. The molecule has 3 heterocycles. The van der Waals surface area contributed by atoms with Crippen molar-refractivity contribution >= 4 is 39.7 Å². The molecule has 0 aromatic carbocycles. The van der Waals surface area contributed by atoms with Crippen molar-refractivity contribution in [2.75, 3.05) is 52.9 Å². The molecule has 3 rings (SSSR count). The van der Waals surface area contributed by atoms with Crippen LogP contribution in [0.1, 0.15) is 28.0 Å². The van der Waals surface area contributed by atoms with E-state index in [2.05, 4.69) is 20.4 Å². The second-order valence-corrected chi connectivity index (χ2v) is 6.06. The lowest BCUT2D eigenvalue weighted by atomic mass is 10.3. The topological polar surface area (TPSA) is 99.7 Å². The SMILES string of the molecule is Br.C1CNCCN1.CCN(CCNC)C(=O)c1ccco1.O=C(Cl)c1ccco1. The van der Waals surface area contributed by atoms with Gasteiger partial charge >= 0.3 is 0 Å². The first-order chi connectivity index (χ1) is 13.6. The van der Waals surface area contributed by atoms with E-state index in [-0.39, 0.29) is 28.6 Å². The molecule has 1 aliphatic heterocycles. The van der Waals surface area contributed by atoms with Gasteiger partial charge in [0.05, 0.1) is 12.5 Å². The van der Waals surface area contributed by atoms with Crippen LogP contribution >= 0.6 is 28.6 Å². The summed E-state index contributed by atoms with van der Waals surface area (Å²) in [5, 5.41) is 8.89. The number of furan rings is 2. The first-order valence-corrected chi connectivity index (χ1v) is 9.60. The maximum atomic E-state index is 11.7. The zero-order valence-electron chi connectivity index (χ0n) is 16.8. The van der Waals surface area contributed by atoms with Crippen molar-refractivity contribution in [3.05, 3.63) is 48.3 Å². The van der Waals surface area contributed by atoms with E-state index in [4.69, 9.17) is 16.0 Å². The maximum absolute atomic E-state index is 11.7. The van der Waals surface area contributed by atoms with Gasteiger partial charge in [0.15, 0.2) is 11.5 Å². The summed E-state index contributed by atoms with van der Waals surface area (Å²) in [7, 11) is 1.87. The zero-order chi connectivity index (χ0) is 20.6. The van der Waals surface area contributed by atoms with E-state index in [1.54, 1.807) is 23.1 Å². The highest BCUT2D eigenvalue weighted by Gasteiger charge is 2.15. The molecule has 1 amide bonds. The monoisotopic (exact) mass is 492 g/mol. The number of nitrogens with zero attached hydrogens (tertiary/aromatic N) is 1. The number of carbonyl (C=O) groups excluding carboxylic acids is 2. The van der Waals surface area contributed by atoms with E-state index in [0.29, 0.717) is 18.8 Å². The van der Waals surface area contributed by atoms with Crippen LogP contribution in [0.4, 0.5) is 0 Å². The predicted octanol–water partition coefficient (Wildman–Crippen LogP) is 2.38. The minimum Gasteiger partial charge on any atom is -0.460 e. The van der Waals surface area contributed by atoms with Crippen molar-refractivity contribution < 1.29 is 18.4 Å². The minimum absolute atomic E-state index is 0. The van der Waals surface area contributed by atoms with Crippen molar-refractivity contribution in [1.82, 2.24) is 20.9 Å². The van der Waals surface area contributed by atoms with Crippen LogP contribution in [0.25, 0.3) is 0 Å². The molecule has 0 spiro atoms. The quantitative estimate of drug-likeness (QED) is 0.531. The number of piperazine rings is 1. The standard InChI is InChI=1S/C10H16N2O2.C5H3ClO2.C4H10N2.BrH/c1-3-12(7-6-11-2)10(13)9-5-4-8-14-9;6-5(7)4-2-1-3-8-4;1-2-6-4-3-5-1;/h4-5,8,11H,3,6-7H2,1-2H3;1-3H;5-6H,1-4H2;1H. The number of hydrogen-bond donors (Lipinski definition) is 3. The minimum atomic E-state index is -0.560. The van der Waals surface area contributed by atoms with E-state index in [1.165, 1.54) is 18.6 Å². The molecule has 2 aromatic heterocycles. The number of rotatable bonds is 6. The molecular formula is C19H30BrClN4O4. The Hall–Kier alpha value is -1.65. The third-order valence-electron chi connectivity index (χ3n) is 3.70. The second kappa shape index (κ2) is 17.2. The number of hydrogen-bond acceptors (Lipinski definition) is 7. The number of carbonyl (C=O) groups is 2. The third kappa shape index (κ3) is 11.8. The number of likely N-dealkylation sites (N-methyl/N-ethyl adjacent to an activating group) is 2. The molecule has 0 unspecified atom stereocenters. The fraction of sp³-hybridized carbons (Fsp3) is 0.474. The molecule has 10 heteroatoms. The van der Waals surface area contributed by atoms with Crippen LogP contribution in [-0.2, 0) is 0 Å². The molecule has 0 atom stereocenters. The summed E-state index contributed by atoms with van der Waals surface area (Å²) in [4.78, 5) is 23.7. The number of amides is 1. The Balaban J connectivity index is 0.000000441. The van der Waals surface area contributed by atoms with Gasteiger partial charge in [-0.05, 0) is 49.8 Å². The van der Waals surface area contributed by atoms with Crippen molar-refractivity contribution in [3.63, 3.8) is 0 Å². The smallest absolute Gasteiger partial charge is 0.289 e. The Morgan fingerprint density at radius 2 is 1.59 bits per heavy atom. The lowest BCUT2D eigenvalue weighted by Gasteiger charge is -2.19. The van der Waals surface area contributed by atoms with Gasteiger partial charge < -0.3 is 29.7 Å². The average molecular weight is 494 g/mol. The van der Waals surface area contributed by atoms with Gasteiger partial charge in [-0.3, -0.25) is 9.59 Å². The highest BCUT2D eigenvalue weighted by atomic mass is 79.9. The molecular weight excluding hydrogens is 464 g/mol. The molecule has 1 aliphatic rings. The van der Waals surface area contributed by atoms with Crippen LogP contribution in [0, 0.1) is 0 Å². The summed E-state index contributed by atoms with van der Waals surface area (Å²) in [5.41, 5.74) is 0. The van der Waals surface area contributed by atoms with Gasteiger partial charge in [-0.15, -0.1) is 17.0 Å². The molecule has 1 saturated heterocycles. The first-order valence-electron chi connectivity index (χ1n) is 9.22. The fourth-order valence-electron chi connectivity index (χ4n) is 2.20. The van der Waals surface area contributed by atoms with Crippen LogP contribution in [0.5, 0.6) is 0 Å². The van der Waals surface area contributed by atoms with Crippen molar-refractivity contribution in [1.29, 1.82) is 0 Å². The Labute approximate surface area is 187 Å². The molecule has 0 saturated carbocycles. The summed E-state index contributed by atoms with van der Waals surface area (Å²) in [6.07, 6.45) is 2.91. The summed E-state index contributed by atoms with van der Waals surface area (Å²) in [6.45, 7) is 8.70. The van der Waals surface area contributed by atoms with Gasteiger partial charge in [-0.1, -0.05) is 0 Å². The Bertz CT molecular complexity index is 638. The van der Waals surface area contributed by atoms with Gasteiger partial charge in [0, 0.05) is 45.8 Å². The van der Waals surface area contributed by atoms with Gasteiger partial charge in [0.25, 0.3) is 11.1 Å². The third-order valence-corrected chi connectivity index (χ3v) is 3.89. The van der Waals surface area contributed by atoms with Crippen LogP contribution in [-0.4, -0.2) is 68.9 Å². The molecule has 2 aromatic rings.